The molecule has 0 bridgehead atoms. The fraction of sp³-hybridized carbons (Fsp3) is 0.400. The molecule has 1 fully saturated rings. The van der Waals surface area contributed by atoms with E-state index in [1.165, 1.54) is 0 Å². The van der Waals surface area contributed by atoms with Crippen LogP contribution < -0.4 is 0 Å². The summed E-state index contributed by atoms with van der Waals surface area (Å²) in [6.07, 6.45) is 1.76. The highest BCUT2D eigenvalue weighted by atomic mass is 16.5. The number of nitrogens with zero attached hydrogens (tertiary/aromatic N) is 2. The number of aromatic nitrogens is 1. The molecule has 1 aliphatic rings. The number of benzene rings is 1. The molecule has 0 saturated carbocycles. The SMILES string of the molecule is Oc1[nH]c2ccccc2c1C=NCCN1CCOCC1. The van der Waals surface area contributed by atoms with E-state index in [4.69, 9.17) is 4.74 Å². The molecule has 0 amide bonds. The van der Waals surface area contributed by atoms with Gasteiger partial charge in [-0.15, -0.1) is 0 Å². The predicted molar refractivity (Wildman–Crippen MR) is 79.7 cm³/mol. The molecule has 2 heterocycles. The molecule has 0 radical (unpaired) electrons. The highest BCUT2D eigenvalue weighted by molar-refractivity contribution is 6.01. The van der Waals surface area contributed by atoms with Crippen LogP contribution in [0, 0.1) is 0 Å². The minimum atomic E-state index is 0.182. The summed E-state index contributed by atoms with van der Waals surface area (Å²) < 4.78 is 5.31. The number of aromatic amines is 1. The van der Waals surface area contributed by atoms with E-state index in [0.717, 1.165) is 55.9 Å². The van der Waals surface area contributed by atoms with Crippen molar-refractivity contribution in [2.24, 2.45) is 4.99 Å². The maximum atomic E-state index is 9.91. The maximum Gasteiger partial charge on any atom is 0.198 e. The Hall–Kier alpha value is -1.85. The van der Waals surface area contributed by atoms with Crippen molar-refractivity contribution in [2.75, 3.05) is 39.4 Å². The zero-order chi connectivity index (χ0) is 13.8. The van der Waals surface area contributed by atoms with Crippen molar-refractivity contribution in [1.29, 1.82) is 0 Å². The lowest BCUT2D eigenvalue weighted by Crippen LogP contribution is -2.37. The summed E-state index contributed by atoms with van der Waals surface area (Å²) in [5.74, 6) is 0.182. The second-order valence-corrected chi connectivity index (χ2v) is 4.92. The molecular formula is C15H19N3O2. The van der Waals surface area contributed by atoms with Gasteiger partial charge in [0.05, 0.1) is 25.3 Å². The number of aliphatic imine (C=N–C) groups is 1. The molecular weight excluding hydrogens is 254 g/mol. The number of rotatable bonds is 4. The van der Waals surface area contributed by atoms with Crippen molar-refractivity contribution in [3.63, 3.8) is 0 Å². The third-order valence-corrected chi connectivity index (χ3v) is 3.59. The van der Waals surface area contributed by atoms with Gasteiger partial charge in [-0.25, -0.2) is 0 Å². The zero-order valence-electron chi connectivity index (χ0n) is 11.4. The Kier molecular flexibility index (Phi) is 3.99. The van der Waals surface area contributed by atoms with Crippen molar-refractivity contribution in [3.8, 4) is 5.88 Å². The van der Waals surface area contributed by atoms with Gasteiger partial charge in [-0.05, 0) is 6.07 Å². The van der Waals surface area contributed by atoms with Crippen LogP contribution in [-0.2, 0) is 4.74 Å². The van der Waals surface area contributed by atoms with Gasteiger partial charge in [-0.3, -0.25) is 9.89 Å². The molecule has 2 N–H and O–H groups in total. The minimum absolute atomic E-state index is 0.182. The summed E-state index contributed by atoms with van der Waals surface area (Å²) in [6, 6.07) is 7.83. The monoisotopic (exact) mass is 273 g/mol. The van der Waals surface area contributed by atoms with E-state index >= 15 is 0 Å². The summed E-state index contributed by atoms with van der Waals surface area (Å²) in [4.78, 5) is 9.73. The van der Waals surface area contributed by atoms with Crippen molar-refractivity contribution in [1.82, 2.24) is 9.88 Å². The van der Waals surface area contributed by atoms with E-state index in [-0.39, 0.29) is 5.88 Å². The number of nitrogens with one attached hydrogen (secondary N) is 1. The van der Waals surface area contributed by atoms with Gasteiger partial charge in [0.2, 0.25) is 0 Å². The van der Waals surface area contributed by atoms with Crippen molar-refractivity contribution in [2.45, 2.75) is 0 Å². The number of para-hydroxylation sites is 1. The highest BCUT2D eigenvalue weighted by Crippen LogP contribution is 2.24. The first kappa shape index (κ1) is 13.1. The smallest absolute Gasteiger partial charge is 0.198 e. The van der Waals surface area contributed by atoms with Gasteiger partial charge in [0.15, 0.2) is 5.88 Å². The quantitative estimate of drug-likeness (QED) is 0.832. The van der Waals surface area contributed by atoms with E-state index in [1.807, 2.05) is 24.3 Å². The lowest BCUT2D eigenvalue weighted by Gasteiger charge is -2.25. The molecule has 5 heteroatoms. The van der Waals surface area contributed by atoms with Gasteiger partial charge in [0.25, 0.3) is 0 Å². The average Bonchev–Trinajstić information content (AvgIpc) is 2.80. The first-order valence-electron chi connectivity index (χ1n) is 6.94. The topological polar surface area (TPSA) is 60.8 Å². The molecule has 1 aliphatic heterocycles. The van der Waals surface area contributed by atoms with Crippen LogP contribution in [-0.4, -0.2) is 60.6 Å². The Balaban J connectivity index is 1.63. The van der Waals surface area contributed by atoms with E-state index in [1.54, 1.807) is 6.21 Å². The molecule has 0 unspecified atom stereocenters. The van der Waals surface area contributed by atoms with Gasteiger partial charge < -0.3 is 14.8 Å². The third-order valence-electron chi connectivity index (χ3n) is 3.59. The van der Waals surface area contributed by atoms with Crippen LogP contribution in [0.3, 0.4) is 0 Å². The number of fused-ring (bicyclic) bond motifs is 1. The van der Waals surface area contributed by atoms with E-state index in [0.29, 0.717) is 0 Å². The van der Waals surface area contributed by atoms with Crippen LogP contribution in [0.15, 0.2) is 29.3 Å². The molecule has 106 valence electrons. The number of aromatic hydroxyl groups is 1. The van der Waals surface area contributed by atoms with Crippen LogP contribution in [0.4, 0.5) is 0 Å². The van der Waals surface area contributed by atoms with E-state index in [9.17, 15) is 5.11 Å². The molecule has 0 spiro atoms. The van der Waals surface area contributed by atoms with Crippen molar-refractivity contribution in [3.05, 3.63) is 29.8 Å². The Morgan fingerprint density at radius 2 is 2.10 bits per heavy atom. The molecule has 3 rings (SSSR count). The van der Waals surface area contributed by atoms with E-state index in [2.05, 4.69) is 14.9 Å². The van der Waals surface area contributed by atoms with Crippen LogP contribution in [0.2, 0.25) is 0 Å². The maximum absolute atomic E-state index is 9.91. The van der Waals surface area contributed by atoms with Crippen molar-refractivity contribution < 1.29 is 9.84 Å². The first-order valence-corrected chi connectivity index (χ1v) is 6.94. The number of H-pyrrole nitrogens is 1. The molecule has 1 aromatic heterocycles. The highest BCUT2D eigenvalue weighted by Gasteiger charge is 2.09. The number of morpholine rings is 1. The van der Waals surface area contributed by atoms with Gasteiger partial charge in [0.1, 0.15) is 0 Å². The number of hydrogen-bond acceptors (Lipinski definition) is 4. The summed E-state index contributed by atoms with van der Waals surface area (Å²) in [5.41, 5.74) is 1.70. The Morgan fingerprint density at radius 3 is 2.95 bits per heavy atom. The fourth-order valence-corrected chi connectivity index (χ4v) is 2.46. The normalized spacial score (nSPS) is 17.2. The lowest BCUT2D eigenvalue weighted by atomic mass is 10.2. The summed E-state index contributed by atoms with van der Waals surface area (Å²) in [5, 5.41) is 10.9. The zero-order valence-corrected chi connectivity index (χ0v) is 11.4. The second kappa shape index (κ2) is 6.07. The Morgan fingerprint density at radius 1 is 1.30 bits per heavy atom. The van der Waals surface area contributed by atoms with E-state index < -0.39 is 0 Å². The Bertz CT molecular complexity index is 600. The van der Waals surface area contributed by atoms with Crippen LogP contribution in [0.25, 0.3) is 10.9 Å². The molecule has 1 saturated heterocycles. The third kappa shape index (κ3) is 2.84. The van der Waals surface area contributed by atoms with Gasteiger partial charge in [-0.1, -0.05) is 18.2 Å². The van der Waals surface area contributed by atoms with Gasteiger partial charge in [-0.2, -0.15) is 0 Å². The predicted octanol–water partition coefficient (Wildman–Crippen LogP) is 1.62. The molecule has 0 aliphatic carbocycles. The Labute approximate surface area is 117 Å². The summed E-state index contributed by atoms with van der Waals surface area (Å²) in [7, 11) is 0. The number of ether oxygens (including phenoxy) is 1. The molecule has 5 nitrogen and oxygen atoms in total. The van der Waals surface area contributed by atoms with Gasteiger partial charge >= 0.3 is 0 Å². The molecule has 2 aromatic rings. The van der Waals surface area contributed by atoms with Crippen LogP contribution >= 0.6 is 0 Å². The largest absolute Gasteiger partial charge is 0.494 e. The minimum Gasteiger partial charge on any atom is -0.494 e. The van der Waals surface area contributed by atoms with Gasteiger partial charge in [0, 0.05) is 36.8 Å². The lowest BCUT2D eigenvalue weighted by molar-refractivity contribution is 0.0395. The summed E-state index contributed by atoms with van der Waals surface area (Å²) >= 11 is 0. The first-order chi connectivity index (χ1) is 9.84. The fourth-order valence-electron chi connectivity index (χ4n) is 2.46. The standard InChI is InChI=1S/C15H19N3O2/c19-15-13(12-3-1-2-4-14(12)17-15)11-16-5-6-18-7-9-20-10-8-18/h1-4,11,17,19H,5-10H2. The number of hydrogen-bond donors (Lipinski definition) is 2. The second-order valence-electron chi connectivity index (χ2n) is 4.92. The average molecular weight is 273 g/mol. The van der Waals surface area contributed by atoms with Crippen LogP contribution in [0.1, 0.15) is 5.56 Å². The van der Waals surface area contributed by atoms with Crippen LogP contribution in [0.5, 0.6) is 5.88 Å². The summed E-state index contributed by atoms with van der Waals surface area (Å²) in [6.45, 7) is 5.25. The van der Waals surface area contributed by atoms with Crippen molar-refractivity contribution >= 4 is 17.1 Å². The molecule has 20 heavy (non-hydrogen) atoms. The molecule has 1 aromatic carbocycles. The molecule has 0 atom stereocenters.